The number of carbonyl (C=O) groups excluding carboxylic acids is 1. The van der Waals surface area contributed by atoms with Crippen molar-refractivity contribution in [3.05, 3.63) is 71.2 Å². The van der Waals surface area contributed by atoms with E-state index in [9.17, 15) is 13.2 Å². The number of hydrogen-bond donors (Lipinski definition) is 1. The topological polar surface area (TPSA) is 71.4 Å². The van der Waals surface area contributed by atoms with Crippen LogP contribution in [0, 0.1) is 0 Å². The zero-order valence-electron chi connectivity index (χ0n) is 18.9. The molecule has 0 unspecified atom stereocenters. The number of anilines is 1. The number of rotatable bonds is 5. The molecule has 1 aromatic heterocycles. The van der Waals surface area contributed by atoms with Gasteiger partial charge in [-0.25, -0.2) is 8.42 Å². The number of para-hydroxylation sites is 1. The van der Waals surface area contributed by atoms with E-state index in [1.807, 2.05) is 30.3 Å². The first kappa shape index (κ1) is 22.9. The summed E-state index contributed by atoms with van der Waals surface area (Å²) in [6.45, 7) is 3.94. The molecule has 4 aromatic rings. The third-order valence-electron chi connectivity index (χ3n) is 6.48. The van der Waals surface area contributed by atoms with Crippen LogP contribution in [-0.2, 0) is 16.6 Å². The highest BCUT2D eigenvalue weighted by Crippen LogP contribution is 2.32. The van der Waals surface area contributed by atoms with Crippen LogP contribution in [0.25, 0.3) is 21.8 Å². The van der Waals surface area contributed by atoms with Crippen LogP contribution >= 0.6 is 11.6 Å². The molecule has 1 aliphatic rings. The third kappa shape index (κ3) is 3.98. The predicted octanol–water partition coefficient (Wildman–Crippen LogP) is 5.89. The summed E-state index contributed by atoms with van der Waals surface area (Å²) in [4.78, 5) is 13.2. The monoisotopic (exact) mass is 495 g/mol. The number of nitrogens with one attached hydrogen (secondary N) is 1. The van der Waals surface area contributed by atoms with E-state index in [1.165, 1.54) is 22.5 Å². The van der Waals surface area contributed by atoms with Gasteiger partial charge in [0, 0.05) is 47.1 Å². The number of hydrogen-bond acceptors (Lipinski definition) is 3. The number of nitrogens with zero attached hydrogens (tertiary/aromatic N) is 2. The molecule has 1 amide bonds. The highest BCUT2D eigenvalue weighted by Gasteiger charge is 2.27. The van der Waals surface area contributed by atoms with Crippen LogP contribution in [0.2, 0.25) is 5.02 Å². The fourth-order valence-electron chi connectivity index (χ4n) is 4.76. The lowest BCUT2D eigenvalue weighted by Crippen LogP contribution is -2.35. The highest BCUT2D eigenvalue weighted by atomic mass is 35.5. The van der Waals surface area contributed by atoms with Gasteiger partial charge in [0.15, 0.2) is 0 Å². The minimum Gasteiger partial charge on any atom is -0.341 e. The average molecular weight is 496 g/mol. The summed E-state index contributed by atoms with van der Waals surface area (Å²) in [6, 6.07) is 18.3. The van der Waals surface area contributed by atoms with Crippen molar-refractivity contribution in [3.63, 3.8) is 0 Å². The number of aromatic nitrogens is 1. The van der Waals surface area contributed by atoms with Gasteiger partial charge in [-0.15, -0.1) is 0 Å². The van der Waals surface area contributed by atoms with Crippen LogP contribution in [0.4, 0.5) is 5.69 Å². The third-order valence-corrected chi connectivity index (χ3v) is 8.71. The molecule has 1 fully saturated rings. The number of sulfonamides is 1. The van der Waals surface area contributed by atoms with E-state index in [4.69, 9.17) is 11.6 Å². The molecule has 1 aliphatic heterocycles. The van der Waals surface area contributed by atoms with Crippen LogP contribution in [0.15, 0.2) is 65.6 Å². The van der Waals surface area contributed by atoms with E-state index in [0.29, 0.717) is 18.8 Å². The lowest BCUT2D eigenvalue weighted by atomic mass is 10.1. The van der Waals surface area contributed by atoms with Crippen LogP contribution in [0.3, 0.4) is 0 Å². The van der Waals surface area contributed by atoms with Crippen molar-refractivity contribution in [2.45, 2.75) is 37.6 Å². The molecule has 1 saturated heterocycles. The van der Waals surface area contributed by atoms with Crippen molar-refractivity contribution in [2.24, 2.45) is 0 Å². The predicted molar refractivity (Wildman–Crippen MR) is 137 cm³/mol. The molecule has 0 radical (unpaired) electrons. The van der Waals surface area contributed by atoms with E-state index < -0.39 is 15.9 Å². The largest absolute Gasteiger partial charge is 0.341 e. The van der Waals surface area contributed by atoms with Gasteiger partial charge >= 0.3 is 0 Å². The van der Waals surface area contributed by atoms with Gasteiger partial charge in [-0.3, -0.25) is 4.79 Å². The Balaban J connectivity index is 1.47. The molecule has 34 heavy (non-hydrogen) atoms. The van der Waals surface area contributed by atoms with Crippen LogP contribution in [0.5, 0.6) is 0 Å². The Kier molecular flexibility index (Phi) is 6.10. The summed E-state index contributed by atoms with van der Waals surface area (Å²) in [5, 5.41) is 5.27. The SMILES string of the molecule is CCn1c2ccccc2c2cc(NC(=O)c3cc(S(=O)(=O)N4CCCCC4)ccc3Cl)ccc21. The second kappa shape index (κ2) is 9.06. The number of carbonyl (C=O) groups is 1. The molecule has 0 spiro atoms. The van der Waals surface area contributed by atoms with Gasteiger partial charge in [0.1, 0.15) is 0 Å². The number of aryl methyl sites for hydroxylation is 1. The standard InChI is InChI=1S/C26H26ClN3O3S/c1-2-30-24-9-5-4-8-20(24)21-16-18(10-13-25(21)30)28-26(31)22-17-19(11-12-23(22)27)34(32,33)29-14-6-3-7-15-29/h4-5,8-13,16-17H,2-3,6-7,14-15H2,1H3,(H,28,31). The molecule has 2 heterocycles. The number of halogens is 1. The fraction of sp³-hybridized carbons (Fsp3) is 0.269. The number of benzene rings is 3. The first-order chi connectivity index (χ1) is 16.4. The van der Waals surface area contributed by atoms with Crippen molar-refractivity contribution < 1.29 is 13.2 Å². The number of amides is 1. The molecule has 6 nitrogen and oxygen atoms in total. The Morgan fingerprint density at radius 2 is 1.68 bits per heavy atom. The molecular formula is C26H26ClN3O3S. The van der Waals surface area contributed by atoms with Gasteiger partial charge in [-0.2, -0.15) is 4.31 Å². The lowest BCUT2D eigenvalue weighted by molar-refractivity contribution is 0.102. The Hall–Kier alpha value is -2.87. The second-order valence-electron chi connectivity index (χ2n) is 8.55. The van der Waals surface area contributed by atoms with Gasteiger partial charge in [0.2, 0.25) is 10.0 Å². The van der Waals surface area contributed by atoms with Crippen molar-refractivity contribution in [1.82, 2.24) is 8.87 Å². The normalized spacial score (nSPS) is 15.1. The molecule has 1 N–H and O–H groups in total. The Labute approximate surface area is 204 Å². The summed E-state index contributed by atoms with van der Waals surface area (Å²) < 4.78 is 29.9. The first-order valence-corrected chi connectivity index (χ1v) is 13.3. The summed E-state index contributed by atoms with van der Waals surface area (Å²) in [6.07, 6.45) is 2.72. The van der Waals surface area contributed by atoms with E-state index in [1.54, 1.807) is 0 Å². The summed E-state index contributed by atoms with van der Waals surface area (Å²) in [7, 11) is -3.67. The average Bonchev–Trinajstić information content (AvgIpc) is 3.17. The van der Waals surface area contributed by atoms with Crippen molar-refractivity contribution >= 4 is 55.0 Å². The molecule has 176 valence electrons. The Morgan fingerprint density at radius 1 is 0.941 bits per heavy atom. The molecule has 0 atom stereocenters. The maximum atomic E-state index is 13.1. The Bertz CT molecular complexity index is 1500. The summed E-state index contributed by atoms with van der Waals surface area (Å²) in [5.41, 5.74) is 2.99. The lowest BCUT2D eigenvalue weighted by Gasteiger charge is -2.26. The number of piperidine rings is 1. The quantitative estimate of drug-likeness (QED) is 0.375. The smallest absolute Gasteiger partial charge is 0.257 e. The molecule has 8 heteroatoms. The number of fused-ring (bicyclic) bond motifs is 3. The van der Waals surface area contributed by atoms with E-state index in [2.05, 4.69) is 28.9 Å². The van der Waals surface area contributed by atoms with Crippen LogP contribution < -0.4 is 5.32 Å². The molecule has 3 aromatic carbocycles. The first-order valence-electron chi connectivity index (χ1n) is 11.5. The van der Waals surface area contributed by atoms with Crippen molar-refractivity contribution in [2.75, 3.05) is 18.4 Å². The van der Waals surface area contributed by atoms with Gasteiger partial charge in [-0.1, -0.05) is 36.2 Å². The molecule has 0 bridgehead atoms. The maximum Gasteiger partial charge on any atom is 0.257 e. The van der Waals surface area contributed by atoms with Crippen molar-refractivity contribution in [3.8, 4) is 0 Å². The fourth-order valence-corrected chi connectivity index (χ4v) is 6.51. The minimum atomic E-state index is -3.67. The highest BCUT2D eigenvalue weighted by molar-refractivity contribution is 7.89. The zero-order valence-corrected chi connectivity index (χ0v) is 20.5. The maximum absolute atomic E-state index is 13.1. The van der Waals surface area contributed by atoms with Gasteiger partial charge in [0.25, 0.3) is 5.91 Å². The molecule has 0 saturated carbocycles. The van der Waals surface area contributed by atoms with Gasteiger partial charge in [0.05, 0.1) is 15.5 Å². The van der Waals surface area contributed by atoms with E-state index >= 15 is 0 Å². The summed E-state index contributed by atoms with van der Waals surface area (Å²) in [5.74, 6) is -0.445. The van der Waals surface area contributed by atoms with Gasteiger partial charge in [-0.05, 0) is 62.2 Å². The van der Waals surface area contributed by atoms with Crippen LogP contribution in [0.1, 0.15) is 36.5 Å². The second-order valence-corrected chi connectivity index (χ2v) is 10.9. The zero-order chi connectivity index (χ0) is 23.9. The minimum absolute atomic E-state index is 0.0884. The molecule has 5 rings (SSSR count). The van der Waals surface area contributed by atoms with Gasteiger partial charge < -0.3 is 9.88 Å². The van der Waals surface area contributed by atoms with Crippen molar-refractivity contribution in [1.29, 1.82) is 0 Å². The molecule has 0 aliphatic carbocycles. The Morgan fingerprint density at radius 3 is 2.44 bits per heavy atom. The summed E-state index contributed by atoms with van der Waals surface area (Å²) >= 11 is 6.32. The van der Waals surface area contributed by atoms with Crippen LogP contribution in [-0.4, -0.2) is 36.3 Å². The van der Waals surface area contributed by atoms with E-state index in [0.717, 1.165) is 47.6 Å². The van der Waals surface area contributed by atoms with E-state index in [-0.39, 0.29) is 15.5 Å². The molecular weight excluding hydrogens is 470 g/mol.